The van der Waals surface area contributed by atoms with Crippen LogP contribution in [0.5, 0.6) is 0 Å². The smallest absolute Gasteiger partial charge is 0.397 e. The molecule has 0 aromatic rings. The summed E-state index contributed by atoms with van der Waals surface area (Å²) in [7, 11) is -5.27. The predicted octanol–water partition coefficient (Wildman–Crippen LogP) is -4.52. The van der Waals surface area contributed by atoms with E-state index in [2.05, 4.69) is 4.18 Å². The second-order valence-corrected chi connectivity index (χ2v) is 7.93. The van der Waals surface area contributed by atoms with E-state index in [1.54, 1.807) is 0 Å². The number of ether oxygens (including phenoxy) is 4. The lowest BCUT2D eigenvalue weighted by Crippen LogP contribution is -2.65. The summed E-state index contributed by atoms with van der Waals surface area (Å²) in [6.07, 6.45) is -20.0. The Balaban J connectivity index is 2.26. The molecule has 2 heterocycles. The van der Waals surface area contributed by atoms with Crippen LogP contribution in [0.1, 0.15) is 13.3 Å². The highest BCUT2D eigenvalue weighted by Crippen LogP contribution is 2.31. The van der Waals surface area contributed by atoms with Crippen LogP contribution in [-0.2, 0) is 43.1 Å². The minimum atomic E-state index is -5.27. The molecule has 16 nitrogen and oxygen atoms in total. The first-order chi connectivity index (χ1) is 14.8. The summed E-state index contributed by atoms with van der Waals surface area (Å²) in [6, 6.07) is 0. The van der Waals surface area contributed by atoms with Gasteiger partial charge in [0.15, 0.2) is 12.4 Å². The number of carbonyl (C=O) groups excluding carboxylic acids is 1. The van der Waals surface area contributed by atoms with Crippen LogP contribution >= 0.6 is 0 Å². The van der Waals surface area contributed by atoms with Crippen LogP contribution in [0.3, 0.4) is 0 Å². The first-order valence-electron chi connectivity index (χ1n) is 9.18. The number of aliphatic carboxylic acids is 1. The lowest BCUT2D eigenvalue weighted by molar-refractivity contribution is -0.351. The van der Waals surface area contributed by atoms with Gasteiger partial charge in [-0.15, -0.1) is 0 Å². The zero-order chi connectivity index (χ0) is 24.4. The van der Waals surface area contributed by atoms with Gasteiger partial charge in [0.05, 0.1) is 6.61 Å². The van der Waals surface area contributed by atoms with Gasteiger partial charge in [-0.3, -0.25) is 9.35 Å². The molecule has 0 aromatic carbocycles. The third-order valence-electron chi connectivity index (χ3n) is 4.67. The number of carboxylic acid groups (broad SMARTS) is 1. The molecule has 2 fully saturated rings. The van der Waals surface area contributed by atoms with E-state index in [0.717, 1.165) is 0 Å². The lowest BCUT2D eigenvalue weighted by atomic mass is 9.97. The monoisotopic (exact) mass is 492 g/mol. The van der Waals surface area contributed by atoms with E-state index in [-0.39, 0.29) is 6.42 Å². The third-order valence-corrected chi connectivity index (χ3v) is 5.14. The van der Waals surface area contributed by atoms with Crippen LogP contribution in [0, 0.1) is 0 Å². The molecule has 10 atom stereocenters. The van der Waals surface area contributed by atoms with Crippen molar-refractivity contribution in [3.63, 3.8) is 0 Å². The Labute approximate surface area is 180 Å². The number of carbonyl (C=O) groups is 2. The van der Waals surface area contributed by atoms with Crippen LogP contribution in [0.2, 0.25) is 0 Å². The van der Waals surface area contributed by atoms with Crippen molar-refractivity contribution in [2.45, 2.75) is 74.8 Å². The SMILES string of the molecule is CCC(=O)OC1OC(CO)C(O)C(OC2OC(C(=O)O)C(OS(=O)(=O)O)C(O)C2O)C1O. The van der Waals surface area contributed by atoms with Gasteiger partial charge in [-0.25, -0.2) is 8.98 Å². The number of hydrogen-bond acceptors (Lipinski definition) is 14. The molecular weight excluding hydrogens is 468 g/mol. The molecule has 7 N–H and O–H groups in total. The van der Waals surface area contributed by atoms with Crippen molar-refractivity contribution in [1.29, 1.82) is 0 Å². The normalized spacial score (nSPS) is 40.6. The van der Waals surface area contributed by atoms with Gasteiger partial charge in [0.2, 0.25) is 6.29 Å². The quantitative estimate of drug-likeness (QED) is 0.124. The topological polar surface area (TPSA) is 256 Å². The van der Waals surface area contributed by atoms with E-state index >= 15 is 0 Å². The van der Waals surface area contributed by atoms with Gasteiger partial charge in [0.25, 0.3) is 0 Å². The molecule has 0 radical (unpaired) electrons. The van der Waals surface area contributed by atoms with Gasteiger partial charge in [0, 0.05) is 6.42 Å². The summed E-state index contributed by atoms with van der Waals surface area (Å²) in [5, 5.41) is 59.6. The van der Waals surface area contributed by atoms with Gasteiger partial charge < -0.3 is 49.6 Å². The number of aliphatic hydroxyl groups is 5. The van der Waals surface area contributed by atoms with Crippen LogP contribution < -0.4 is 0 Å². The Morgan fingerprint density at radius 3 is 2.06 bits per heavy atom. The van der Waals surface area contributed by atoms with Crippen molar-refractivity contribution in [1.82, 2.24) is 0 Å². The average Bonchev–Trinajstić information content (AvgIpc) is 2.70. The molecule has 0 bridgehead atoms. The Hall–Kier alpha value is -1.51. The second kappa shape index (κ2) is 10.6. The third kappa shape index (κ3) is 6.08. The van der Waals surface area contributed by atoms with Crippen molar-refractivity contribution in [3.05, 3.63) is 0 Å². The maximum absolute atomic E-state index is 11.5. The summed E-state index contributed by atoms with van der Waals surface area (Å²) < 4.78 is 54.8. The molecule has 2 aliphatic heterocycles. The Bertz CT molecular complexity index is 771. The second-order valence-electron chi connectivity index (χ2n) is 6.88. The summed E-state index contributed by atoms with van der Waals surface area (Å²) >= 11 is 0. The predicted molar refractivity (Wildman–Crippen MR) is 93.7 cm³/mol. The Morgan fingerprint density at radius 1 is 0.938 bits per heavy atom. The molecule has 0 spiro atoms. The Kier molecular flexibility index (Phi) is 8.87. The first-order valence-corrected chi connectivity index (χ1v) is 10.5. The highest BCUT2D eigenvalue weighted by molar-refractivity contribution is 7.80. The van der Waals surface area contributed by atoms with Crippen molar-refractivity contribution in [2.24, 2.45) is 0 Å². The molecule has 2 rings (SSSR count). The fourth-order valence-electron chi connectivity index (χ4n) is 3.07. The highest BCUT2D eigenvalue weighted by atomic mass is 32.3. The molecule has 0 aliphatic carbocycles. The maximum atomic E-state index is 11.5. The zero-order valence-electron chi connectivity index (χ0n) is 16.4. The van der Waals surface area contributed by atoms with Crippen molar-refractivity contribution in [3.8, 4) is 0 Å². The molecule has 2 aliphatic rings. The molecular formula is C15H24O16S. The number of carboxylic acids is 1. The first kappa shape index (κ1) is 26.7. The van der Waals surface area contributed by atoms with E-state index in [0.29, 0.717) is 0 Å². The average molecular weight is 492 g/mol. The van der Waals surface area contributed by atoms with Crippen LogP contribution in [0.15, 0.2) is 0 Å². The lowest BCUT2D eigenvalue weighted by Gasteiger charge is -2.45. The van der Waals surface area contributed by atoms with Crippen LogP contribution in [0.25, 0.3) is 0 Å². The summed E-state index contributed by atoms with van der Waals surface area (Å²) in [5.74, 6) is -2.70. The molecule has 0 amide bonds. The van der Waals surface area contributed by atoms with Crippen LogP contribution in [-0.4, -0.2) is 124 Å². The maximum Gasteiger partial charge on any atom is 0.397 e. The van der Waals surface area contributed by atoms with Crippen LogP contribution in [0.4, 0.5) is 0 Å². The van der Waals surface area contributed by atoms with Gasteiger partial charge >= 0.3 is 22.3 Å². The van der Waals surface area contributed by atoms with Crippen molar-refractivity contribution in [2.75, 3.05) is 6.61 Å². The molecule has 17 heteroatoms. The molecule has 32 heavy (non-hydrogen) atoms. The van der Waals surface area contributed by atoms with E-state index < -0.39 is 90.4 Å². The fourth-order valence-corrected chi connectivity index (χ4v) is 3.57. The van der Waals surface area contributed by atoms with Gasteiger partial charge in [-0.05, 0) is 0 Å². The van der Waals surface area contributed by atoms with E-state index in [4.69, 9.17) is 23.5 Å². The van der Waals surface area contributed by atoms with Gasteiger partial charge in [0.1, 0.15) is 42.7 Å². The number of esters is 1. The van der Waals surface area contributed by atoms with E-state index in [9.17, 15) is 48.6 Å². The van der Waals surface area contributed by atoms with Gasteiger partial charge in [-0.1, -0.05) is 6.92 Å². The number of hydrogen-bond donors (Lipinski definition) is 7. The molecule has 10 unspecified atom stereocenters. The summed E-state index contributed by atoms with van der Waals surface area (Å²) in [6.45, 7) is 0.612. The van der Waals surface area contributed by atoms with Crippen molar-refractivity contribution < 1.29 is 76.3 Å². The zero-order valence-corrected chi connectivity index (χ0v) is 17.2. The molecule has 0 saturated carbocycles. The van der Waals surface area contributed by atoms with Gasteiger partial charge in [-0.2, -0.15) is 8.42 Å². The largest absolute Gasteiger partial charge is 0.479 e. The molecule has 0 aromatic heterocycles. The summed E-state index contributed by atoms with van der Waals surface area (Å²) in [4.78, 5) is 23.0. The molecule has 2 saturated heterocycles. The molecule has 186 valence electrons. The van der Waals surface area contributed by atoms with Crippen molar-refractivity contribution >= 4 is 22.3 Å². The number of aliphatic hydroxyl groups excluding tert-OH is 5. The minimum absolute atomic E-state index is 0.115. The fraction of sp³-hybridized carbons (Fsp3) is 0.867. The number of rotatable bonds is 8. The van der Waals surface area contributed by atoms with E-state index in [1.807, 2.05) is 0 Å². The van der Waals surface area contributed by atoms with E-state index in [1.165, 1.54) is 6.92 Å². The minimum Gasteiger partial charge on any atom is -0.479 e. The summed E-state index contributed by atoms with van der Waals surface area (Å²) in [5.41, 5.74) is 0. The Morgan fingerprint density at radius 2 is 1.56 bits per heavy atom. The standard InChI is InChI=1S/C15H24O16S/c1-2-5(17)28-15-9(21)10(6(18)4(3-16)27-15)29-14-8(20)7(19)11(31-32(24,25)26)12(30-14)13(22)23/h4,6-12,14-16,18-21H,2-3H2,1H3,(H,22,23)(H,24,25,26). The highest BCUT2D eigenvalue weighted by Gasteiger charge is 2.54.